The zero-order valence-electron chi connectivity index (χ0n) is 17.7. The number of aliphatic hydroxyl groups excluding tert-OH is 1. The van der Waals surface area contributed by atoms with E-state index in [9.17, 15) is 14.7 Å². The van der Waals surface area contributed by atoms with Crippen LogP contribution in [0.15, 0.2) is 59.9 Å². The third-order valence-electron chi connectivity index (χ3n) is 5.30. The lowest BCUT2D eigenvalue weighted by molar-refractivity contribution is -0.129. The van der Waals surface area contributed by atoms with Crippen molar-refractivity contribution in [3.05, 3.63) is 71.0 Å². The summed E-state index contributed by atoms with van der Waals surface area (Å²) in [6.45, 7) is 3.87. The van der Waals surface area contributed by atoms with Gasteiger partial charge in [0, 0.05) is 12.5 Å². The molecule has 1 heterocycles. The highest BCUT2D eigenvalue weighted by molar-refractivity contribution is 6.09. The zero-order valence-corrected chi connectivity index (χ0v) is 17.7. The van der Waals surface area contributed by atoms with Crippen LogP contribution in [0.2, 0.25) is 0 Å². The molecule has 0 aliphatic carbocycles. The summed E-state index contributed by atoms with van der Waals surface area (Å²) in [6.07, 6.45) is 0.534. The molecule has 1 unspecified atom stereocenters. The van der Waals surface area contributed by atoms with Crippen LogP contribution in [0.5, 0.6) is 11.5 Å². The first-order valence-electron chi connectivity index (χ1n) is 9.93. The molecule has 30 heavy (non-hydrogen) atoms. The number of nitrogens with zero attached hydrogens (tertiary/aromatic N) is 1. The first-order chi connectivity index (χ1) is 14.4. The summed E-state index contributed by atoms with van der Waals surface area (Å²) in [7, 11) is 3.15. The Balaban J connectivity index is 1.91. The summed E-state index contributed by atoms with van der Waals surface area (Å²) in [4.78, 5) is 27.3. The Hall–Kier alpha value is -3.28. The van der Waals surface area contributed by atoms with Crippen molar-refractivity contribution in [3.8, 4) is 11.5 Å². The maximum Gasteiger partial charge on any atom is 0.290 e. The van der Waals surface area contributed by atoms with Crippen LogP contribution in [0.25, 0.3) is 0 Å². The van der Waals surface area contributed by atoms with Gasteiger partial charge in [-0.2, -0.15) is 0 Å². The van der Waals surface area contributed by atoms with E-state index in [1.807, 2.05) is 48.5 Å². The number of rotatable bonds is 8. The standard InChI is InChI=1S/C24H27NO5/c1-15(2)22(26)20-21(17-8-6-5-7-9-17)25(24(28)23(20)27)13-12-16-10-11-18(29-3)19(14-16)30-4/h5-11,14-15,21,27H,12-13H2,1-4H3. The normalized spacial score (nSPS) is 16.4. The van der Waals surface area contributed by atoms with Crippen LogP contribution in [-0.4, -0.2) is 42.5 Å². The second-order valence-electron chi connectivity index (χ2n) is 7.53. The summed E-state index contributed by atoms with van der Waals surface area (Å²) < 4.78 is 10.6. The molecule has 1 aliphatic heterocycles. The molecule has 1 amide bonds. The van der Waals surface area contributed by atoms with Gasteiger partial charge in [-0.1, -0.05) is 50.2 Å². The number of carbonyl (C=O) groups excluding carboxylic acids is 2. The molecule has 0 saturated carbocycles. The molecule has 3 rings (SSSR count). The third kappa shape index (κ3) is 4.03. The smallest absolute Gasteiger partial charge is 0.290 e. The summed E-state index contributed by atoms with van der Waals surface area (Å²) in [5.41, 5.74) is 1.93. The average Bonchev–Trinajstić information content (AvgIpc) is 3.02. The third-order valence-corrected chi connectivity index (χ3v) is 5.30. The fourth-order valence-corrected chi connectivity index (χ4v) is 3.71. The second kappa shape index (κ2) is 9.03. The maximum atomic E-state index is 12.9. The monoisotopic (exact) mass is 409 g/mol. The first kappa shape index (κ1) is 21.4. The van der Waals surface area contributed by atoms with E-state index in [2.05, 4.69) is 0 Å². The van der Waals surface area contributed by atoms with Gasteiger partial charge in [-0.3, -0.25) is 9.59 Å². The number of benzene rings is 2. The summed E-state index contributed by atoms with van der Waals surface area (Å²) in [5, 5.41) is 10.6. The first-order valence-corrected chi connectivity index (χ1v) is 9.93. The molecule has 158 valence electrons. The predicted octanol–water partition coefficient (Wildman–Crippen LogP) is 3.87. The Kier molecular flexibility index (Phi) is 6.45. The Bertz CT molecular complexity index is 965. The van der Waals surface area contributed by atoms with Crippen molar-refractivity contribution in [1.29, 1.82) is 0 Å². The molecule has 0 saturated heterocycles. The topological polar surface area (TPSA) is 76.1 Å². The quantitative estimate of drug-likeness (QED) is 0.716. The van der Waals surface area contributed by atoms with Crippen LogP contribution in [0.4, 0.5) is 0 Å². The van der Waals surface area contributed by atoms with E-state index >= 15 is 0 Å². The van der Waals surface area contributed by atoms with Crippen molar-refractivity contribution in [3.63, 3.8) is 0 Å². The van der Waals surface area contributed by atoms with E-state index in [1.54, 1.807) is 33.0 Å². The van der Waals surface area contributed by atoms with Gasteiger partial charge in [0.1, 0.15) is 0 Å². The van der Waals surface area contributed by atoms with Gasteiger partial charge in [0.05, 0.1) is 25.8 Å². The van der Waals surface area contributed by atoms with Crippen molar-refractivity contribution in [2.24, 2.45) is 5.92 Å². The van der Waals surface area contributed by atoms with Crippen LogP contribution < -0.4 is 9.47 Å². The van der Waals surface area contributed by atoms with Crippen LogP contribution in [0, 0.1) is 5.92 Å². The van der Waals surface area contributed by atoms with Crippen molar-refractivity contribution >= 4 is 11.7 Å². The highest BCUT2D eigenvalue weighted by Crippen LogP contribution is 2.39. The molecule has 6 nitrogen and oxygen atoms in total. The number of amides is 1. The molecule has 0 aromatic heterocycles. The van der Waals surface area contributed by atoms with Crippen molar-refractivity contribution < 1.29 is 24.2 Å². The highest BCUT2D eigenvalue weighted by Gasteiger charge is 2.43. The number of methoxy groups -OCH3 is 2. The second-order valence-corrected chi connectivity index (χ2v) is 7.53. The molecule has 2 aromatic carbocycles. The van der Waals surface area contributed by atoms with Gasteiger partial charge in [-0.05, 0) is 29.7 Å². The van der Waals surface area contributed by atoms with Gasteiger partial charge in [0.2, 0.25) is 0 Å². The molecule has 1 atom stereocenters. The van der Waals surface area contributed by atoms with Gasteiger partial charge < -0.3 is 19.5 Å². The lowest BCUT2D eigenvalue weighted by Crippen LogP contribution is -2.33. The van der Waals surface area contributed by atoms with E-state index in [1.165, 1.54) is 0 Å². The van der Waals surface area contributed by atoms with E-state index in [0.29, 0.717) is 24.5 Å². The van der Waals surface area contributed by atoms with E-state index < -0.39 is 17.7 Å². The summed E-state index contributed by atoms with van der Waals surface area (Å²) >= 11 is 0. The molecule has 2 aromatic rings. The van der Waals surface area contributed by atoms with Crippen molar-refractivity contribution in [2.75, 3.05) is 20.8 Å². The highest BCUT2D eigenvalue weighted by atomic mass is 16.5. The van der Waals surface area contributed by atoms with Crippen LogP contribution in [0.1, 0.15) is 31.0 Å². The number of hydrogen-bond acceptors (Lipinski definition) is 5. The summed E-state index contributed by atoms with van der Waals surface area (Å²) in [6, 6.07) is 14.3. The Morgan fingerprint density at radius 2 is 1.73 bits per heavy atom. The molecule has 0 bridgehead atoms. The van der Waals surface area contributed by atoms with Gasteiger partial charge in [-0.15, -0.1) is 0 Å². The molecule has 0 radical (unpaired) electrons. The van der Waals surface area contributed by atoms with Gasteiger partial charge >= 0.3 is 0 Å². The average molecular weight is 409 g/mol. The number of ether oxygens (including phenoxy) is 2. The van der Waals surface area contributed by atoms with Crippen LogP contribution >= 0.6 is 0 Å². The fraction of sp³-hybridized carbons (Fsp3) is 0.333. The minimum atomic E-state index is -0.603. The van der Waals surface area contributed by atoms with Crippen LogP contribution in [0.3, 0.4) is 0 Å². The molecule has 0 fully saturated rings. The molecule has 6 heteroatoms. The number of aliphatic hydroxyl groups is 1. The zero-order chi connectivity index (χ0) is 21.8. The number of ketones is 1. The van der Waals surface area contributed by atoms with E-state index in [0.717, 1.165) is 11.1 Å². The number of carbonyl (C=O) groups is 2. The maximum absolute atomic E-state index is 12.9. The van der Waals surface area contributed by atoms with Gasteiger partial charge in [-0.25, -0.2) is 0 Å². The Morgan fingerprint density at radius 1 is 1.07 bits per heavy atom. The lowest BCUT2D eigenvalue weighted by Gasteiger charge is -2.27. The van der Waals surface area contributed by atoms with E-state index in [-0.39, 0.29) is 17.3 Å². The largest absolute Gasteiger partial charge is 0.503 e. The molecule has 0 spiro atoms. The van der Waals surface area contributed by atoms with Crippen molar-refractivity contribution in [1.82, 2.24) is 4.90 Å². The minimum absolute atomic E-state index is 0.175. The fourth-order valence-electron chi connectivity index (χ4n) is 3.71. The Labute approximate surface area is 176 Å². The summed E-state index contributed by atoms with van der Waals surface area (Å²) in [5.74, 6) is -0.276. The van der Waals surface area contributed by atoms with Crippen molar-refractivity contribution in [2.45, 2.75) is 26.3 Å². The SMILES string of the molecule is COc1ccc(CCN2C(=O)C(O)=C(C(=O)C(C)C)C2c2ccccc2)cc1OC. The van der Waals surface area contributed by atoms with E-state index in [4.69, 9.17) is 9.47 Å². The Morgan fingerprint density at radius 3 is 2.33 bits per heavy atom. The predicted molar refractivity (Wildman–Crippen MR) is 114 cm³/mol. The molecule has 1 aliphatic rings. The van der Waals surface area contributed by atoms with Crippen LogP contribution in [-0.2, 0) is 16.0 Å². The van der Waals surface area contributed by atoms with Gasteiger partial charge in [0.25, 0.3) is 5.91 Å². The number of Topliss-reactive ketones (excluding diaryl/α,β-unsaturated/α-hetero) is 1. The lowest BCUT2D eigenvalue weighted by atomic mass is 9.91. The number of hydrogen-bond donors (Lipinski definition) is 1. The minimum Gasteiger partial charge on any atom is -0.503 e. The molecule has 1 N–H and O–H groups in total. The molecular weight excluding hydrogens is 382 g/mol. The molecular formula is C24H27NO5. The van der Waals surface area contributed by atoms with Gasteiger partial charge in [0.15, 0.2) is 23.0 Å².